The van der Waals surface area contributed by atoms with E-state index in [1.807, 2.05) is 0 Å². The van der Waals surface area contributed by atoms with E-state index < -0.39 is 29.0 Å². The van der Waals surface area contributed by atoms with E-state index in [2.05, 4.69) is 16.9 Å². The molecule has 3 rings (SSSR count). The number of nitrogens with zero attached hydrogens (tertiary/aromatic N) is 2. The number of thioether (sulfide) groups is 1. The van der Waals surface area contributed by atoms with Crippen LogP contribution in [-0.4, -0.2) is 29.8 Å². The van der Waals surface area contributed by atoms with Gasteiger partial charge in [0.15, 0.2) is 0 Å². The molecule has 0 atom stereocenters. The number of benzene rings is 2. The molecule has 0 spiro atoms. The van der Waals surface area contributed by atoms with Gasteiger partial charge >= 0.3 is 6.18 Å². The summed E-state index contributed by atoms with van der Waals surface area (Å²) in [4.78, 5) is 16.4. The molecule has 5 nitrogen and oxygen atoms in total. The van der Waals surface area contributed by atoms with E-state index in [9.17, 15) is 27.6 Å². The minimum Gasteiger partial charge on any atom is -0.490 e. The van der Waals surface area contributed by atoms with E-state index in [4.69, 9.17) is 4.74 Å². The van der Waals surface area contributed by atoms with E-state index in [0.717, 1.165) is 30.0 Å². The number of pyridine rings is 1. The highest BCUT2D eigenvalue weighted by molar-refractivity contribution is 7.99. The van der Waals surface area contributed by atoms with Crippen LogP contribution < -0.4 is 10.1 Å². The standard InChI is InChI=1S/C25H19F4N3O2S/c1-2-12-34-19-9-5-16(6-10-19)22-14-21(25(27,28)29)20(15-30)24(32-22)35-13-11-31-23(33)17-3-7-18(26)8-4-17/h2-10,14H,1,11-13H2,(H,31,33). The Labute approximate surface area is 203 Å². The highest BCUT2D eigenvalue weighted by atomic mass is 32.2. The summed E-state index contributed by atoms with van der Waals surface area (Å²) in [6.07, 6.45) is -3.20. The molecule has 0 aliphatic rings. The van der Waals surface area contributed by atoms with Crippen LogP contribution >= 0.6 is 11.8 Å². The van der Waals surface area contributed by atoms with Crippen molar-refractivity contribution < 1.29 is 27.1 Å². The second-order valence-corrected chi connectivity index (χ2v) is 8.16. The Hall–Kier alpha value is -3.84. The maximum atomic E-state index is 13.7. The smallest absolute Gasteiger partial charge is 0.417 e. The van der Waals surface area contributed by atoms with Crippen molar-refractivity contribution >= 4 is 17.7 Å². The first-order valence-corrected chi connectivity index (χ1v) is 11.2. The summed E-state index contributed by atoms with van der Waals surface area (Å²) in [7, 11) is 0. The molecule has 0 unspecified atom stereocenters. The third-order valence-corrected chi connectivity index (χ3v) is 5.63. The Kier molecular flexibility index (Phi) is 8.49. The van der Waals surface area contributed by atoms with E-state index in [0.29, 0.717) is 11.3 Å². The van der Waals surface area contributed by atoms with Crippen LogP contribution in [0.2, 0.25) is 0 Å². The van der Waals surface area contributed by atoms with Crippen molar-refractivity contribution in [3.8, 4) is 23.1 Å². The number of carbonyl (C=O) groups is 1. The Morgan fingerprint density at radius 1 is 1.17 bits per heavy atom. The summed E-state index contributed by atoms with van der Waals surface area (Å²) in [6, 6.07) is 13.7. The van der Waals surface area contributed by atoms with E-state index in [-0.39, 0.29) is 35.2 Å². The van der Waals surface area contributed by atoms with Gasteiger partial charge in [0.1, 0.15) is 29.3 Å². The number of nitriles is 1. The first kappa shape index (κ1) is 25.8. The molecule has 0 saturated carbocycles. The van der Waals surface area contributed by atoms with Crippen molar-refractivity contribution in [3.63, 3.8) is 0 Å². The molecule has 10 heteroatoms. The predicted molar refractivity (Wildman–Crippen MR) is 125 cm³/mol. The number of carbonyl (C=O) groups excluding carboxylic acids is 1. The normalized spacial score (nSPS) is 10.9. The van der Waals surface area contributed by atoms with Gasteiger partial charge in [0.05, 0.1) is 16.8 Å². The molecule has 3 aromatic rings. The van der Waals surface area contributed by atoms with Gasteiger partial charge in [0.25, 0.3) is 5.91 Å². The van der Waals surface area contributed by atoms with Gasteiger partial charge in [0, 0.05) is 23.4 Å². The van der Waals surface area contributed by atoms with Gasteiger partial charge in [-0.15, -0.1) is 11.8 Å². The number of ether oxygens (including phenoxy) is 1. The van der Waals surface area contributed by atoms with E-state index in [1.54, 1.807) is 36.4 Å². The summed E-state index contributed by atoms with van der Waals surface area (Å²) in [5.41, 5.74) is -0.965. The molecule has 0 saturated heterocycles. The number of hydrogen-bond acceptors (Lipinski definition) is 5. The minimum atomic E-state index is -4.76. The second-order valence-electron chi connectivity index (χ2n) is 7.08. The molecule has 180 valence electrons. The summed E-state index contributed by atoms with van der Waals surface area (Å²) in [5.74, 6) is -0.261. The van der Waals surface area contributed by atoms with Gasteiger partial charge in [-0.1, -0.05) is 12.7 Å². The Balaban J connectivity index is 1.80. The number of nitrogens with one attached hydrogen (secondary N) is 1. The van der Waals surface area contributed by atoms with Crippen molar-refractivity contribution in [1.29, 1.82) is 5.26 Å². The van der Waals surface area contributed by atoms with Gasteiger partial charge in [-0.05, 0) is 54.6 Å². The second kappa shape index (κ2) is 11.5. The van der Waals surface area contributed by atoms with Crippen LogP contribution in [-0.2, 0) is 6.18 Å². The maximum absolute atomic E-state index is 13.7. The van der Waals surface area contributed by atoms with Crippen LogP contribution in [0.4, 0.5) is 17.6 Å². The molecule has 1 aromatic heterocycles. The fourth-order valence-corrected chi connectivity index (χ4v) is 3.86. The summed E-state index contributed by atoms with van der Waals surface area (Å²) in [6.45, 7) is 3.93. The van der Waals surface area contributed by atoms with Crippen molar-refractivity contribution in [2.45, 2.75) is 11.2 Å². The Morgan fingerprint density at radius 2 is 1.86 bits per heavy atom. The summed E-state index contributed by atoms with van der Waals surface area (Å²) in [5, 5.41) is 11.9. The molecule has 2 aromatic carbocycles. The van der Waals surface area contributed by atoms with Crippen molar-refractivity contribution in [3.05, 3.63) is 89.8 Å². The molecular formula is C25H19F4N3O2S. The Morgan fingerprint density at radius 3 is 2.46 bits per heavy atom. The van der Waals surface area contributed by atoms with Crippen molar-refractivity contribution in [2.75, 3.05) is 18.9 Å². The molecule has 1 N–H and O–H groups in total. The van der Waals surface area contributed by atoms with Crippen LogP contribution in [0, 0.1) is 17.1 Å². The van der Waals surface area contributed by atoms with Crippen molar-refractivity contribution in [1.82, 2.24) is 10.3 Å². The highest BCUT2D eigenvalue weighted by Gasteiger charge is 2.36. The largest absolute Gasteiger partial charge is 0.490 e. The molecule has 0 aliphatic carbocycles. The van der Waals surface area contributed by atoms with Crippen molar-refractivity contribution in [2.24, 2.45) is 0 Å². The van der Waals surface area contributed by atoms with Gasteiger partial charge in [-0.2, -0.15) is 18.4 Å². The zero-order chi connectivity index (χ0) is 25.4. The van der Waals surface area contributed by atoms with Crippen LogP contribution in [0.1, 0.15) is 21.5 Å². The van der Waals surface area contributed by atoms with Gasteiger partial charge in [-0.3, -0.25) is 4.79 Å². The van der Waals surface area contributed by atoms with Gasteiger partial charge in [-0.25, -0.2) is 9.37 Å². The first-order valence-electron chi connectivity index (χ1n) is 10.3. The monoisotopic (exact) mass is 501 g/mol. The third kappa shape index (κ3) is 6.83. The molecule has 0 bridgehead atoms. The van der Waals surface area contributed by atoms with E-state index >= 15 is 0 Å². The first-order chi connectivity index (χ1) is 16.7. The number of rotatable bonds is 9. The van der Waals surface area contributed by atoms with Crippen LogP contribution in [0.3, 0.4) is 0 Å². The number of amides is 1. The number of aromatic nitrogens is 1. The van der Waals surface area contributed by atoms with Crippen LogP contribution in [0.25, 0.3) is 11.3 Å². The number of halogens is 4. The lowest BCUT2D eigenvalue weighted by atomic mass is 10.1. The summed E-state index contributed by atoms with van der Waals surface area (Å²) >= 11 is 0.921. The lowest BCUT2D eigenvalue weighted by molar-refractivity contribution is -0.138. The molecule has 0 radical (unpaired) electrons. The average Bonchev–Trinajstić information content (AvgIpc) is 2.84. The van der Waals surface area contributed by atoms with Crippen LogP contribution in [0.15, 0.2) is 72.3 Å². The highest BCUT2D eigenvalue weighted by Crippen LogP contribution is 2.38. The topological polar surface area (TPSA) is 75.0 Å². The molecule has 35 heavy (non-hydrogen) atoms. The number of hydrogen-bond donors (Lipinski definition) is 1. The SMILES string of the molecule is C=CCOc1ccc(-c2cc(C(F)(F)F)c(C#N)c(SCCNC(=O)c3ccc(F)cc3)n2)cc1. The molecular weight excluding hydrogens is 482 g/mol. The fraction of sp³-hybridized carbons (Fsp3) is 0.160. The third-order valence-electron chi connectivity index (χ3n) is 4.65. The zero-order valence-electron chi connectivity index (χ0n) is 18.2. The van der Waals surface area contributed by atoms with Gasteiger partial charge in [0.2, 0.25) is 0 Å². The zero-order valence-corrected chi connectivity index (χ0v) is 19.0. The Bertz CT molecular complexity index is 1240. The molecule has 1 amide bonds. The quantitative estimate of drug-likeness (QED) is 0.172. The maximum Gasteiger partial charge on any atom is 0.417 e. The van der Waals surface area contributed by atoms with E-state index in [1.165, 1.54) is 12.1 Å². The lowest BCUT2D eigenvalue weighted by Gasteiger charge is -2.14. The van der Waals surface area contributed by atoms with Gasteiger partial charge < -0.3 is 10.1 Å². The van der Waals surface area contributed by atoms with Crippen LogP contribution in [0.5, 0.6) is 5.75 Å². The fourth-order valence-electron chi connectivity index (χ4n) is 3.00. The molecule has 0 fully saturated rings. The molecule has 0 aliphatic heterocycles. The number of alkyl halides is 3. The summed E-state index contributed by atoms with van der Waals surface area (Å²) < 4.78 is 59.6. The lowest BCUT2D eigenvalue weighted by Crippen LogP contribution is -2.25. The molecule has 1 heterocycles. The predicted octanol–water partition coefficient (Wildman–Crippen LogP) is 5.87. The average molecular weight is 502 g/mol. The minimum absolute atomic E-state index is 0.0458.